The zero-order chi connectivity index (χ0) is 16.8. The third-order valence-electron chi connectivity index (χ3n) is 4.70. The molecule has 1 fully saturated rings. The molecule has 3 rings (SSSR count). The molecule has 0 aromatic heterocycles. The van der Waals surface area contributed by atoms with Crippen LogP contribution in [0, 0.1) is 5.82 Å². The molecule has 2 aromatic rings. The van der Waals surface area contributed by atoms with E-state index < -0.39 is 0 Å². The second kappa shape index (κ2) is 8.38. The Hall–Kier alpha value is -1.75. The molecule has 0 amide bonds. The van der Waals surface area contributed by atoms with Crippen LogP contribution in [0.25, 0.3) is 0 Å². The first-order chi connectivity index (χ1) is 11.7. The van der Waals surface area contributed by atoms with Crippen molar-refractivity contribution in [2.24, 2.45) is 0 Å². The highest BCUT2D eigenvalue weighted by molar-refractivity contribution is 5.21. The number of benzene rings is 2. The third kappa shape index (κ3) is 4.87. The summed E-state index contributed by atoms with van der Waals surface area (Å²) in [5, 5.41) is 3.65. The quantitative estimate of drug-likeness (QED) is 0.880. The van der Waals surface area contributed by atoms with Crippen LogP contribution < -0.4 is 5.32 Å². The smallest absolute Gasteiger partial charge is 0.123 e. The van der Waals surface area contributed by atoms with Gasteiger partial charge in [-0.05, 0) is 30.3 Å². The Morgan fingerprint density at radius 2 is 1.62 bits per heavy atom. The largest absolute Gasteiger partial charge is 0.305 e. The lowest BCUT2D eigenvalue weighted by Crippen LogP contribution is -2.47. The number of hydrogen-bond donors (Lipinski definition) is 1. The van der Waals surface area contributed by atoms with Crippen LogP contribution in [-0.2, 0) is 6.54 Å². The van der Waals surface area contributed by atoms with E-state index in [1.54, 1.807) is 0 Å². The summed E-state index contributed by atoms with van der Waals surface area (Å²) in [5.74, 6) is -0.184. The highest BCUT2D eigenvalue weighted by Crippen LogP contribution is 2.16. The molecule has 0 aliphatic carbocycles. The molecule has 1 aliphatic rings. The van der Waals surface area contributed by atoms with E-state index >= 15 is 0 Å². The summed E-state index contributed by atoms with van der Waals surface area (Å²) in [6.07, 6.45) is 0. The van der Waals surface area contributed by atoms with Gasteiger partial charge in [0, 0.05) is 45.3 Å². The molecule has 0 unspecified atom stereocenters. The lowest BCUT2D eigenvalue weighted by Gasteiger charge is -2.35. The van der Waals surface area contributed by atoms with Gasteiger partial charge in [0.05, 0.1) is 0 Å². The molecular weight excluding hydrogens is 301 g/mol. The van der Waals surface area contributed by atoms with Crippen LogP contribution in [-0.4, -0.2) is 49.6 Å². The third-order valence-corrected chi connectivity index (χ3v) is 4.70. The average Bonchev–Trinajstić information content (AvgIpc) is 2.62. The maximum absolute atomic E-state index is 13.1. The molecule has 3 nitrogen and oxygen atoms in total. The topological polar surface area (TPSA) is 18.5 Å². The van der Waals surface area contributed by atoms with Crippen molar-refractivity contribution in [3.63, 3.8) is 0 Å². The zero-order valence-corrected chi connectivity index (χ0v) is 14.3. The molecule has 4 heteroatoms. The van der Waals surface area contributed by atoms with E-state index in [9.17, 15) is 4.39 Å². The van der Waals surface area contributed by atoms with Crippen LogP contribution in [0.4, 0.5) is 4.39 Å². The van der Waals surface area contributed by atoms with E-state index in [0.717, 1.165) is 44.8 Å². The second-order valence-corrected chi connectivity index (χ2v) is 6.57. The first-order valence-corrected chi connectivity index (χ1v) is 8.64. The molecule has 0 spiro atoms. The zero-order valence-electron chi connectivity index (χ0n) is 14.3. The van der Waals surface area contributed by atoms with Crippen molar-refractivity contribution in [3.8, 4) is 0 Å². The van der Waals surface area contributed by atoms with Crippen LogP contribution in [0.15, 0.2) is 54.6 Å². The highest BCUT2D eigenvalue weighted by atomic mass is 19.1. The van der Waals surface area contributed by atoms with Crippen LogP contribution in [0.1, 0.15) is 17.2 Å². The normalized spacial score (nSPS) is 17.8. The maximum atomic E-state index is 13.1. The molecular formula is C20H26FN3. The predicted octanol–water partition coefficient (Wildman–Crippen LogP) is 2.90. The first-order valence-electron chi connectivity index (χ1n) is 8.64. The summed E-state index contributed by atoms with van der Waals surface area (Å²) in [6.45, 7) is 6.21. The summed E-state index contributed by atoms with van der Waals surface area (Å²) in [4.78, 5) is 4.90. The molecule has 1 N–H and O–H groups in total. The van der Waals surface area contributed by atoms with Gasteiger partial charge >= 0.3 is 0 Å². The Kier molecular flexibility index (Phi) is 5.96. The molecule has 1 heterocycles. The summed E-state index contributed by atoms with van der Waals surface area (Å²) < 4.78 is 13.1. The van der Waals surface area contributed by atoms with E-state index in [1.807, 2.05) is 12.1 Å². The maximum Gasteiger partial charge on any atom is 0.123 e. The van der Waals surface area contributed by atoms with Gasteiger partial charge in [-0.1, -0.05) is 42.5 Å². The van der Waals surface area contributed by atoms with Crippen molar-refractivity contribution in [2.75, 3.05) is 39.8 Å². The van der Waals surface area contributed by atoms with Crippen LogP contribution in [0.5, 0.6) is 0 Å². The number of piperazine rings is 1. The highest BCUT2D eigenvalue weighted by Gasteiger charge is 2.19. The van der Waals surface area contributed by atoms with Crippen molar-refractivity contribution < 1.29 is 4.39 Å². The van der Waals surface area contributed by atoms with E-state index in [4.69, 9.17) is 0 Å². The van der Waals surface area contributed by atoms with E-state index in [-0.39, 0.29) is 11.9 Å². The van der Waals surface area contributed by atoms with Crippen molar-refractivity contribution >= 4 is 0 Å². The van der Waals surface area contributed by atoms with Crippen molar-refractivity contribution in [1.82, 2.24) is 15.1 Å². The van der Waals surface area contributed by atoms with Crippen LogP contribution in [0.2, 0.25) is 0 Å². The van der Waals surface area contributed by atoms with Crippen molar-refractivity contribution in [3.05, 3.63) is 71.5 Å². The molecule has 24 heavy (non-hydrogen) atoms. The molecule has 1 atom stereocenters. The monoisotopic (exact) mass is 327 g/mol. The molecule has 0 saturated carbocycles. The van der Waals surface area contributed by atoms with E-state index in [0.29, 0.717) is 0 Å². The summed E-state index contributed by atoms with van der Waals surface area (Å²) in [6, 6.07) is 17.6. The minimum atomic E-state index is -0.184. The summed E-state index contributed by atoms with van der Waals surface area (Å²) in [5.41, 5.74) is 2.41. The minimum absolute atomic E-state index is 0.184. The minimum Gasteiger partial charge on any atom is -0.305 e. The Balaban J connectivity index is 1.64. The summed E-state index contributed by atoms with van der Waals surface area (Å²) >= 11 is 0. The Bertz CT molecular complexity index is 607. The van der Waals surface area contributed by atoms with Gasteiger partial charge in [-0.25, -0.2) is 4.39 Å². The van der Waals surface area contributed by atoms with Gasteiger partial charge in [0.15, 0.2) is 0 Å². The number of hydrogen-bond acceptors (Lipinski definition) is 3. The number of rotatable bonds is 6. The van der Waals surface area contributed by atoms with Gasteiger partial charge in [-0.3, -0.25) is 4.90 Å². The summed E-state index contributed by atoms with van der Waals surface area (Å²) in [7, 11) is 2.18. The van der Waals surface area contributed by atoms with Crippen molar-refractivity contribution in [1.29, 1.82) is 0 Å². The Morgan fingerprint density at radius 1 is 0.958 bits per heavy atom. The second-order valence-electron chi connectivity index (χ2n) is 6.57. The van der Waals surface area contributed by atoms with Gasteiger partial charge in [-0.2, -0.15) is 0 Å². The van der Waals surface area contributed by atoms with E-state index in [1.165, 1.54) is 17.7 Å². The molecule has 0 bridgehead atoms. The van der Waals surface area contributed by atoms with Crippen molar-refractivity contribution in [2.45, 2.75) is 12.6 Å². The van der Waals surface area contributed by atoms with E-state index in [2.05, 4.69) is 52.5 Å². The number of halogens is 1. The molecule has 1 saturated heterocycles. The Labute approximate surface area is 144 Å². The number of likely N-dealkylation sites (N-methyl/N-ethyl adjacent to an activating group) is 1. The van der Waals surface area contributed by atoms with Gasteiger partial charge in [0.2, 0.25) is 0 Å². The Morgan fingerprint density at radius 3 is 2.29 bits per heavy atom. The lowest BCUT2D eigenvalue weighted by atomic mass is 10.1. The number of nitrogens with one attached hydrogen (secondary N) is 1. The van der Waals surface area contributed by atoms with Gasteiger partial charge in [0.25, 0.3) is 0 Å². The molecule has 2 aromatic carbocycles. The molecule has 0 radical (unpaired) electrons. The fraction of sp³-hybridized carbons (Fsp3) is 0.400. The lowest BCUT2D eigenvalue weighted by molar-refractivity contribution is 0.142. The van der Waals surface area contributed by atoms with Crippen LogP contribution >= 0.6 is 0 Å². The predicted molar refractivity (Wildman–Crippen MR) is 96.4 cm³/mol. The van der Waals surface area contributed by atoms with Gasteiger partial charge in [0.1, 0.15) is 5.82 Å². The fourth-order valence-electron chi connectivity index (χ4n) is 3.11. The molecule has 128 valence electrons. The number of nitrogens with zero attached hydrogens (tertiary/aromatic N) is 2. The standard InChI is InChI=1S/C20H26FN3/c1-23-11-13-24(14-12-23)16-20(18-5-3-2-4-6-18)22-15-17-7-9-19(21)10-8-17/h2-10,20,22H,11-16H2,1H3/t20-/m0/s1. The fourth-order valence-corrected chi connectivity index (χ4v) is 3.11. The van der Waals surface area contributed by atoms with Gasteiger partial charge < -0.3 is 10.2 Å². The molecule has 1 aliphatic heterocycles. The van der Waals surface area contributed by atoms with Crippen LogP contribution in [0.3, 0.4) is 0 Å². The van der Waals surface area contributed by atoms with Gasteiger partial charge in [-0.15, -0.1) is 0 Å². The first kappa shape index (κ1) is 17.1. The average molecular weight is 327 g/mol. The SMILES string of the molecule is CN1CCN(C[C@H](NCc2ccc(F)cc2)c2ccccc2)CC1.